The Morgan fingerprint density at radius 2 is 2.00 bits per heavy atom. The third-order valence-electron chi connectivity index (χ3n) is 1.99. The SMILES string of the molecule is C#CC(C)(C)NC(=O)c1cccc(C(=O)O)n1. The van der Waals surface area contributed by atoms with Crippen LogP contribution in [0.15, 0.2) is 18.2 Å². The fourth-order valence-electron chi connectivity index (χ4n) is 1.06. The minimum atomic E-state index is -1.18. The Balaban J connectivity index is 2.95. The number of hydrogen-bond acceptors (Lipinski definition) is 3. The van der Waals surface area contributed by atoms with Crippen LogP contribution in [-0.2, 0) is 0 Å². The van der Waals surface area contributed by atoms with Gasteiger partial charge in [-0.25, -0.2) is 9.78 Å². The van der Waals surface area contributed by atoms with Gasteiger partial charge in [-0.2, -0.15) is 0 Å². The molecule has 0 aliphatic heterocycles. The van der Waals surface area contributed by atoms with Crippen LogP contribution in [0, 0.1) is 12.3 Å². The van der Waals surface area contributed by atoms with Crippen molar-refractivity contribution >= 4 is 11.9 Å². The van der Waals surface area contributed by atoms with Gasteiger partial charge in [0.2, 0.25) is 0 Å². The topological polar surface area (TPSA) is 79.3 Å². The summed E-state index contributed by atoms with van der Waals surface area (Å²) in [4.78, 5) is 26.1. The number of nitrogens with zero attached hydrogens (tertiary/aromatic N) is 1. The second kappa shape index (κ2) is 4.66. The van der Waals surface area contributed by atoms with Crippen LogP contribution in [0.5, 0.6) is 0 Å². The Bertz CT molecular complexity index is 501. The minimum absolute atomic E-state index is 0.0215. The van der Waals surface area contributed by atoms with Crippen LogP contribution in [0.25, 0.3) is 0 Å². The van der Waals surface area contributed by atoms with Crippen molar-refractivity contribution in [3.8, 4) is 12.3 Å². The lowest BCUT2D eigenvalue weighted by Crippen LogP contribution is -2.42. The molecular weight excluding hydrogens is 220 g/mol. The van der Waals surface area contributed by atoms with Crippen LogP contribution in [0.3, 0.4) is 0 Å². The summed E-state index contributed by atoms with van der Waals surface area (Å²) in [5, 5.41) is 11.3. The summed E-state index contributed by atoms with van der Waals surface area (Å²) in [5.41, 5.74) is -0.970. The smallest absolute Gasteiger partial charge is 0.354 e. The van der Waals surface area contributed by atoms with E-state index in [2.05, 4.69) is 16.2 Å². The van der Waals surface area contributed by atoms with Gasteiger partial charge in [0.1, 0.15) is 11.4 Å². The van der Waals surface area contributed by atoms with Gasteiger partial charge in [0.05, 0.1) is 5.54 Å². The predicted octanol–water partition coefficient (Wildman–Crippen LogP) is 0.921. The third-order valence-corrected chi connectivity index (χ3v) is 1.99. The summed E-state index contributed by atoms with van der Waals surface area (Å²) < 4.78 is 0. The lowest BCUT2D eigenvalue weighted by Gasteiger charge is -2.19. The largest absolute Gasteiger partial charge is 0.477 e. The van der Waals surface area contributed by atoms with E-state index in [0.717, 1.165) is 0 Å². The van der Waals surface area contributed by atoms with E-state index in [4.69, 9.17) is 11.5 Å². The first-order chi connectivity index (χ1) is 7.85. The van der Waals surface area contributed by atoms with Crippen molar-refractivity contribution in [2.75, 3.05) is 0 Å². The monoisotopic (exact) mass is 232 g/mol. The van der Waals surface area contributed by atoms with Crippen LogP contribution in [0.1, 0.15) is 34.8 Å². The molecule has 0 spiro atoms. The Morgan fingerprint density at radius 3 is 2.53 bits per heavy atom. The second-order valence-corrected chi connectivity index (χ2v) is 3.94. The Kier molecular flexibility index (Phi) is 3.49. The molecule has 0 atom stereocenters. The van der Waals surface area contributed by atoms with Crippen molar-refractivity contribution in [2.24, 2.45) is 0 Å². The van der Waals surface area contributed by atoms with Crippen molar-refractivity contribution < 1.29 is 14.7 Å². The fraction of sp³-hybridized carbons (Fsp3) is 0.250. The zero-order valence-electron chi connectivity index (χ0n) is 9.52. The Hall–Kier alpha value is -2.35. The fourth-order valence-corrected chi connectivity index (χ4v) is 1.06. The zero-order valence-corrected chi connectivity index (χ0v) is 9.52. The van der Waals surface area contributed by atoms with Gasteiger partial charge >= 0.3 is 5.97 Å². The maximum Gasteiger partial charge on any atom is 0.354 e. The molecular formula is C12H12N2O3. The van der Waals surface area contributed by atoms with Gasteiger partial charge in [-0.3, -0.25) is 4.79 Å². The van der Waals surface area contributed by atoms with Crippen LogP contribution in [0.4, 0.5) is 0 Å². The Morgan fingerprint density at radius 1 is 1.41 bits per heavy atom. The van der Waals surface area contributed by atoms with Crippen molar-refractivity contribution in [2.45, 2.75) is 19.4 Å². The van der Waals surface area contributed by atoms with E-state index in [1.54, 1.807) is 13.8 Å². The van der Waals surface area contributed by atoms with E-state index in [1.165, 1.54) is 18.2 Å². The average molecular weight is 232 g/mol. The molecule has 0 saturated heterocycles. The molecule has 0 saturated carbocycles. The number of carboxylic acids is 1. The molecule has 0 bridgehead atoms. The van der Waals surface area contributed by atoms with Crippen LogP contribution in [-0.4, -0.2) is 27.5 Å². The molecule has 88 valence electrons. The second-order valence-electron chi connectivity index (χ2n) is 3.94. The molecule has 5 nitrogen and oxygen atoms in total. The maximum absolute atomic E-state index is 11.7. The first-order valence-electron chi connectivity index (χ1n) is 4.86. The van der Waals surface area contributed by atoms with E-state index < -0.39 is 17.4 Å². The number of carbonyl (C=O) groups is 2. The molecule has 0 aliphatic rings. The molecule has 0 unspecified atom stereocenters. The van der Waals surface area contributed by atoms with E-state index in [-0.39, 0.29) is 11.4 Å². The third kappa shape index (κ3) is 3.31. The number of terminal acetylenes is 1. The van der Waals surface area contributed by atoms with Crippen LogP contribution in [0.2, 0.25) is 0 Å². The molecule has 0 aliphatic carbocycles. The molecule has 0 aromatic carbocycles. The molecule has 1 rings (SSSR count). The molecule has 1 aromatic heterocycles. The number of aromatic carboxylic acids is 1. The summed E-state index contributed by atoms with van der Waals surface area (Å²) in [6.45, 7) is 3.32. The minimum Gasteiger partial charge on any atom is -0.477 e. The molecule has 0 fully saturated rings. The molecule has 1 heterocycles. The van der Waals surface area contributed by atoms with Gasteiger partial charge in [0.15, 0.2) is 0 Å². The Labute approximate surface area is 98.9 Å². The standard InChI is InChI=1S/C12H12N2O3/c1-4-12(2,3)14-10(15)8-6-5-7-9(13-8)11(16)17/h1,5-7H,2-3H3,(H,14,15)(H,16,17). The maximum atomic E-state index is 11.7. The van der Waals surface area contributed by atoms with Crippen LogP contribution < -0.4 is 5.32 Å². The van der Waals surface area contributed by atoms with E-state index in [1.807, 2.05) is 0 Å². The summed E-state index contributed by atoms with van der Waals surface area (Å²) in [6.07, 6.45) is 5.23. The molecule has 2 N–H and O–H groups in total. The molecule has 0 radical (unpaired) electrons. The van der Waals surface area contributed by atoms with E-state index in [9.17, 15) is 9.59 Å². The number of hydrogen-bond donors (Lipinski definition) is 2. The number of pyridine rings is 1. The molecule has 1 aromatic rings. The van der Waals surface area contributed by atoms with Gasteiger partial charge in [0.25, 0.3) is 5.91 Å². The number of aromatic nitrogens is 1. The number of rotatable bonds is 3. The highest BCUT2D eigenvalue weighted by Crippen LogP contribution is 2.04. The average Bonchev–Trinajstić information content (AvgIpc) is 2.28. The quantitative estimate of drug-likeness (QED) is 0.759. The number of nitrogens with one attached hydrogen (secondary N) is 1. The molecule has 5 heteroatoms. The van der Waals surface area contributed by atoms with Gasteiger partial charge < -0.3 is 10.4 Å². The van der Waals surface area contributed by atoms with Crippen molar-refractivity contribution in [3.63, 3.8) is 0 Å². The van der Waals surface area contributed by atoms with Crippen molar-refractivity contribution in [3.05, 3.63) is 29.6 Å². The number of carboxylic acid groups (broad SMARTS) is 1. The summed E-state index contributed by atoms with van der Waals surface area (Å²) in [5.74, 6) is 0.715. The van der Waals surface area contributed by atoms with E-state index >= 15 is 0 Å². The highest BCUT2D eigenvalue weighted by Gasteiger charge is 2.19. The highest BCUT2D eigenvalue weighted by atomic mass is 16.4. The highest BCUT2D eigenvalue weighted by molar-refractivity contribution is 5.94. The predicted molar refractivity (Wildman–Crippen MR) is 61.6 cm³/mol. The van der Waals surface area contributed by atoms with Gasteiger partial charge in [0, 0.05) is 0 Å². The molecule has 1 amide bonds. The first-order valence-corrected chi connectivity index (χ1v) is 4.86. The zero-order chi connectivity index (χ0) is 13.1. The van der Waals surface area contributed by atoms with Gasteiger partial charge in [-0.05, 0) is 26.0 Å². The van der Waals surface area contributed by atoms with Gasteiger partial charge in [-0.1, -0.05) is 12.0 Å². The van der Waals surface area contributed by atoms with Gasteiger partial charge in [-0.15, -0.1) is 6.42 Å². The summed E-state index contributed by atoms with van der Waals surface area (Å²) in [6, 6.07) is 4.19. The number of carbonyl (C=O) groups excluding carboxylic acids is 1. The summed E-state index contributed by atoms with van der Waals surface area (Å²) in [7, 11) is 0. The summed E-state index contributed by atoms with van der Waals surface area (Å²) >= 11 is 0. The molecule has 17 heavy (non-hydrogen) atoms. The van der Waals surface area contributed by atoms with Crippen LogP contribution >= 0.6 is 0 Å². The number of amides is 1. The van der Waals surface area contributed by atoms with E-state index in [0.29, 0.717) is 0 Å². The van der Waals surface area contributed by atoms with Crippen molar-refractivity contribution in [1.29, 1.82) is 0 Å². The first kappa shape index (κ1) is 12.7. The lowest BCUT2D eigenvalue weighted by molar-refractivity contribution is 0.0690. The lowest BCUT2D eigenvalue weighted by atomic mass is 10.1. The normalized spacial score (nSPS) is 10.4. The van der Waals surface area contributed by atoms with Crippen molar-refractivity contribution in [1.82, 2.24) is 10.3 Å².